The minimum absolute atomic E-state index is 0.0175. The molecule has 0 N–H and O–H groups in total. The first-order valence-corrected chi connectivity index (χ1v) is 9.50. The van der Waals surface area contributed by atoms with Gasteiger partial charge in [-0.1, -0.05) is 23.2 Å². The maximum Gasteiger partial charge on any atom is 0.511 e. The molecule has 1 aromatic carbocycles. The molecule has 182 valence electrons. The van der Waals surface area contributed by atoms with Crippen molar-refractivity contribution in [1.29, 1.82) is 0 Å². The molecule has 11 nitrogen and oxygen atoms in total. The Morgan fingerprint density at radius 3 is 2.45 bits per heavy atom. The summed E-state index contributed by atoms with van der Waals surface area (Å²) in [7, 11) is 0. The second kappa shape index (κ2) is 11.8. The SMILES string of the molecule is O=C(OCCOCCO[N+](=O)[O-])OCOC(=O)C1=Cc2cc(Cl)cc(Cl)c2O[C@@H]1C(F)(F)F. The van der Waals surface area contributed by atoms with E-state index in [4.69, 9.17) is 32.7 Å². The molecule has 33 heavy (non-hydrogen) atoms. The highest BCUT2D eigenvalue weighted by Crippen LogP contribution is 2.42. The summed E-state index contributed by atoms with van der Waals surface area (Å²) < 4.78 is 63.4. The predicted molar refractivity (Wildman–Crippen MR) is 102 cm³/mol. The Kier molecular flexibility index (Phi) is 9.37. The van der Waals surface area contributed by atoms with Crippen LogP contribution in [0.3, 0.4) is 0 Å². The highest BCUT2D eigenvalue weighted by molar-refractivity contribution is 6.36. The lowest BCUT2D eigenvalue weighted by molar-refractivity contribution is -0.758. The van der Waals surface area contributed by atoms with Gasteiger partial charge in [-0.15, -0.1) is 10.1 Å². The molecule has 1 aliphatic heterocycles. The van der Waals surface area contributed by atoms with Gasteiger partial charge in [0, 0.05) is 10.6 Å². The zero-order chi connectivity index (χ0) is 24.6. The van der Waals surface area contributed by atoms with Gasteiger partial charge in [-0.25, -0.2) is 9.59 Å². The summed E-state index contributed by atoms with van der Waals surface area (Å²) in [5, 5.41) is 8.81. The monoisotopic (exact) mass is 519 g/mol. The molecular weight excluding hydrogens is 506 g/mol. The van der Waals surface area contributed by atoms with E-state index in [2.05, 4.69) is 19.0 Å². The lowest BCUT2D eigenvalue weighted by Gasteiger charge is -2.28. The number of nitrogens with zero attached hydrogens (tertiary/aromatic N) is 1. The van der Waals surface area contributed by atoms with Crippen LogP contribution in [-0.2, 0) is 28.6 Å². The van der Waals surface area contributed by atoms with Crippen molar-refractivity contribution in [2.45, 2.75) is 12.3 Å². The Hall–Kier alpha value is -2.97. The van der Waals surface area contributed by atoms with E-state index in [0.29, 0.717) is 0 Å². The van der Waals surface area contributed by atoms with Crippen LogP contribution in [0.2, 0.25) is 10.0 Å². The standard InChI is InChI=1S/C17H14Cl2F3NO10/c18-10-5-9-6-11(14(17(20,21)22)33-13(9)12(19)7-10)15(24)30-8-31-16(25)29-3-1-28-2-4-32-23(26)27/h5-7,14H,1-4,8H2/t14-/m0/s1. The van der Waals surface area contributed by atoms with Crippen molar-refractivity contribution in [3.8, 4) is 5.75 Å². The molecule has 1 heterocycles. The molecule has 0 radical (unpaired) electrons. The quantitative estimate of drug-likeness (QED) is 0.148. The summed E-state index contributed by atoms with van der Waals surface area (Å²) in [6.45, 7) is -2.00. The van der Waals surface area contributed by atoms with Crippen LogP contribution < -0.4 is 4.74 Å². The van der Waals surface area contributed by atoms with Crippen molar-refractivity contribution in [2.75, 3.05) is 33.2 Å². The average molecular weight is 520 g/mol. The van der Waals surface area contributed by atoms with Crippen molar-refractivity contribution in [1.82, 2.24) is 0 Å². The smallest absolute Gasteiger partial charge is 0.474 e. The predicted octanol–water partition coefficient (Wildman–Crippen LogP) is 3.58. The highest BCUT2D eigenvalue weighted by Gasteiger charge is 2.49. The van der Waals surface area contributed by atoms with Gasteiger partial charge in [0.15, 0.2) is 0 Å². The maximum absolute atomic E-state index is 13.4. The Balaban J connectivity index is 1.85. The molecule has 16 heteroatoms. The van der Waals surface area contributed by atoms with Crippen LogP contribution in [0.25, 0.3) is 6.08 Å². The first-order valence-electron chi connectivity index (χ1n) is 8.74. The summed E-state index contributed by atoms with van der Waals surface area (Å²) in [5.41, 5.74) is -0.903. The number of ether oxygens (including phenoxy) is 5. The summed E-state index contributed by atoms with van der Waals surface area (Å²) in [5.74, 6) is -1.78. The number of fused-ring (bicyclic) bond motifs is 1. The van der Waals surface area contributed by atoms with Crippen LogP contribution in [0.5, 0.6) is 5.75 Å². The molecule has 0 unspecified atom stereocenters. The second-order valence-corrected chi connectivity index (χ2v) is 6.75. The molecule has 1 aliphatic rings. The summed E-state index contributed by atoms with van der Waals surface area (Å²) >= 11 is 11.7. The first-order chi connectivity index (χ1) is 15.5. The van der Waals surface area contributed by atoms with E-state index in [-0.39, 0.29) is 47.8 Å². The van der Waals surface area contributed by atoms with E-state index in [9.17, 15) is 32.9 Å². The van der Waals surface area contributed by atoms with Crippen LogP contribution in [0.1, 0.15) is 5.56 Å². The number of benzene rings is 1. The topological polar surface area (TPSA) is 133 Å². The molecular formula is C17H14Cl2F3NO10. The third kappa shape index (κ3) is 8.14. The Labute approximate surface area is 192 Å². The maximum atomic E-state index is 13.4. The number of hydrogen-bond donors (Lipinski definition) is 0. The molecule has 0 saturated heterocycles. The minimum Gasteiger partial charge on any atom is -0.474 e. The number of esters is 1. The molecule has 0 aromatic heterocycles. The normalized spacial score (nSPS) is 14.9. The fourth-order valence-corrected chi connectivity index (χ4v) is 2.91. The van der Waals surface area contributed by atoms with Crippen molar-refractivity contribution in [3.63, 3.8) is 0 Å². The van der Waals surface area contributed by atoms with Gasteiger partial charge in [0.2, 0.25) is 12.9 Å². The van der Waals surface area contributed by atoms with E-state index in [1.165, 1.54) is 12.1 Å². The van der Waals surface area contributed by atoms with E-state index in [1.807, 2.05) is 0 Å². The second-order valence-electron chi connectivity index (χ2n) is 5.91. The Morgan fingerprint density at radius 1 is 1.09 bits per heavy atom. The minimum atomic E-state index is -4.99. The van der Waals surface area contributed by atoms with Crippen molar-refractivity contribution in [2.24, 2.45) is 0 Å². The number of hydrogen-bond acceptors (Lipinski definition) is 10. The molecule has 1 atom stereocenters. The van der Waals surface area contributed by atoms with Gasteiger partial charge in [-0.05, 0) is 18.2 Å². The van der Waals surface area contributed by atoms with E-state index < -0.39 is 41.9 Å². The fraction of sp³-hybridized carbons (Fsp3) is 0.412. The van der Waals surface area contributed by atoms with E-state index in [0.717, 1.165) is 6.08 Å². The third-order valence-corrected chi connectivity index (χ3v) is 4.14. The van der Waals surface area contributed by atoms with E-state index >= 15 is 0 Å². The van der Waals surface area contributed by atoms with Gasteiger partial charge >= 0.3 is 18.3 Å². The van der Waals surface area contributed by atoms with Crippen LogP contribution in [0.15, 0.2) is 17.7 Å². The Bertz CT molecular complexity index is 925. The van der Waals surface area contributed by atoms with Gasteiger partial charge in [0.05, 0.1) is 23.8 Å². The van der Waals surface area contributed by atoms with Gasteiger partial charge < -0.3 is 28.5 Å². The van der Waals surface area contributed by atoms with Crippen LogP contribution in [-0.4, -0.2) is 62.7 Å². The molecule has 0 bridgehead atoms. The average Bonchev–Trinajstić information content (AvgIpc) is 2.71. The third-order valence-electron chi connectivity index (χ3n) is 3.64. The lowest BCUT2D eigenvalue weighted by atomic mass is 10.0. The largest absolute Gasteiger partial charge is 0.511 e. The van der Waals surface area contributed by atoms with Gasteiger partial charge in [0.1, 0.15) is 19.0 Å². The Morgan fingerprint density at radius 2 is 1.79 bits per heavy atom. The molecule has 2 rings (SSSR count). The zero-order valence-electron chi connectivity index (χ0n) is 16.3. The fourth-order valence-electron chi connectivity index (χ4n) is 2.36. The highest BCUT2D eigenvalue weighted by atomic mass is 35.5. The number of carbonyl (C=O) groups excluding carboxylic acids is 2. The number of rotatable bonds is 10. The van der Waals surface area contributed by atoms with Crippen LogP contribution in [0.4, 0.5) is 18.0 Å². The van der Waals surface area contributed by atoms with Crippen LogP contribution in [0, 0.1) is 10.1 Å². The molecule has 1 aromatic rings. The van der Waals surface area contributed by atoms with Crippen molar-refractivity contribution >= 4 is 41.4 Å². The first kappa shape index (κ1) is 26.3. The summed E-state index contributed by atoms with van der Waals surface area (Å²) in [6.07, 6.45) is -8.12. The van der Waals surface area contributed by atoms with Gasteiger partial charge in [0.25, 0.3) is 5.09 Å². The molecule has 0 spiro atoms. The number of carbonyl (C=O) groups is 2. The molecule has 0 saturated carbocycles. The number of alkyl halides is 3. The van der Waals surface area contributed by atoms with Crippen LogP contribution >= 0.6 is 23.2 Å². The van der Waals surface area contributed by atoms with E-state index in [1.54, 1.807) is 0 Å². The summed E-state index contributed by atoms with van der Waals surface area (Å²) in [4.78, 5) is 37.4. The lowest BCUT2D eigenvalue weighted by Crippen LogP contribution is -2.41. The van der Waals surface area contributed by atoms with Crippen molar-refractivity contribution in [3.05, 3.63) is 43.4 Å². The molecule has 0 fully saturated rings. The van der Waals surface area contributed by atoms with Gasteiger partial charge in [-0.2, -0.15) is 13.2 Å². The molecule has 0 amide bonds. The summed E-state index contributed by atoms with van der Waals surface area (Å²) in [6, 6.07) is 2.42. The zero-order valence-corrected chi connectivity index (χ0v) is 17.8. The van der Waals surface area contributed by atoms with Gasteiger partial charge in [-0.3, -0.25) is 0 Å². The molecule has 0 aliphatic carbocycles. The number of halogens is 5. The van der Waals surface area contributed by atoms with Crippen molar-refractivity contribution < 1.29 is 56.4 Å².